The predicted molar refractivity (Wildman–Crippen MR) is 69.5 cm³/mol. The van der Waals surface area contributed by atoms with Gasteiger partial charge in [-0.1, -0.05) is 6.92 Å². The zero-order chi connectivity index (χ0) is 13.9. The van der Waals surface area contributed by atoms with Crippen LogP contribution in [-0.4, -0.2) is 52.1 Å². The third-order valence-electron chi connectivity index (χ3n) is 4.14. The van der Waals surface area contributed by atoms with Crippen molar-refractivity contribution in [2.24, 2.45) is 0 Å². The van der Waals surface area contributed by atoms with Crippen molar-refractivity contribution >= 4 is 12.0 Å². The van der Waals surface area contributed by atoms with Gasteiger partial charge < -0.3 is 14.9 Å². The Morgan fingerprint density at radius 1 is 1.44 bits per heavy atom. The summed E-state index contributed by atoms with van der Waals surface area (Å²) in [5.74, 6) is -0.909. The monoisotopic (exact) mass is 256 g/mol. The Hall–Kier alpha value is -1.26. The lowest BCUT2D eigenvalue weighted by Crippen LogP contribution is -2.60. The van der Waals surface area contributed by atoms with Crippen LogP contribution in [0.1, 0.15) is 46.5 Å². The van der Waals surface area contributed by atoms with Crippen LogP contribution in [0.25, 0.3) is 0 Å². The van der Waals surface area contributed by atoms with Crippen molar-refractivity contribution in [3.8, 4) is 0 Å². The second kappa shape index (κ2) is 5.59. The van der Waals surface area contributed by atoms with Crippen LogP contribution in [0, 0.1) is 0 Å². The van der Waals surface area contributed by atoms with E-state index in [2.05, 4.69) is 0 Å². The number of carbonyl (C=O) groups is 2. The summed E-state index contributed by atoms with van der Waals surface area (Å²) >= 11 is 0. The molecule has 1 saturated heterocycles. The summed E-state index contributed by atoms with van der Waals surface area (Å²) in [6.45, 7) is 6.17. The van der Waals surface area contributed by atoms with Crippen LogP contribution in [0.15, 0.2) is 0 Å². The Bertz CT molecular complexity index is 332. The smallest absolute Gasteiger partial charge is 0.329 e. The molecule has 0 saturated carbocycles. The van der Waals surface area contributed by atoms with E-state index in [1.54, 1.807) is 18.9 Å². The second-order valence-electron chi connectivity index (χ2n) is 5.34. The van der Waals surface area contributed by atoms with Crippen molar-refractivity contribution in [1.29, 1.82) is 0 Å². The lowest BCUT2D eigenvalue weighted by Gasteiger charge is -2.44. The average molecular weight is 256 g/mol. The van der Waals surface area contributed by atoms with E-state index in [-0.39, 0.29) is 12.1 Å². The molecule has 2 atom stereocenters. The largest absolute Gasteiger partial charge is 0.480 e. The van der Waals surface area contributed by atoms with E-state index < -0.39 is 11.5 Å². The molecule has 1 aliphatic heterocycles. The number of amides is 2. The fourth-order valence-corrected chi connectivity index (χ4v) is 2.30. The molecule has 0 radical (unpaired) electrons. The quantitative estimate of drug-likeness (QED) is 0.841. The summed E-state index contributed by atoms with van der Waals surface area (Å²) in [5.41, 5.74) is -1.06. The molecule has 104 valence electrons. The molecule has 1 N–H and O–H groups in total. The van der Waals surface area contributed by atoms with Gasteiger partial charge >= 0.3 is 12.0 Å². The number of hydrogen-bond acceptors (Lipinski definition) is 2. The molecule has 0 aromatic carbocycles. The fraction of sp³-hybridized carbons (Fsp3) is 0.846. The van der Waals surface area contributed by atoms with Gasteiger partial charge in [-0.3, -0.25) is 0 Å². The van der Waals surface area contributed by atoms with Gasteiger partial charge in [-0.05, 0) is 39.5 Å². The molecule has 5 nitrogen and oxygen atoms in total. The van der Waals surface area contributed by atoms with Gasteiger partial charge in [0.25, 0.3) is 0 Å². The Labute approximate surface area is 109 Å². The van der Waals surface area contributed by atoms with Crippen molar-refractivity contribution in [2.45, 2.75) is 58.0 Å². The summed E-state index contributed by atoms with van der Waals surface area (Å²) < 4.78 is 0. The minimum absolute atomic E-state index is 0.123. The van der Waals surface area contributed by atoms with E-state index in [0.29, 0.717) is 13.0 Å². The number of nitrogens with zero attached hydrogens (tertiary/aromatic N) is 2. The molecule has 1 fully saturated rings. The lowest BCUT2D eigenvalue weighted by atomic mass is 9.89. The van der Waals surface area contributed by atoms with Crippen molar-refractivity contribution in [1.82, 2.24) is 9.80 Å². The summed E-state index contributed by atoms with van der Waals surface area (Å²) in [6, 6.07) is -0.0496. The number of carbonyl (C=O) groups excluding carboxylic acids is 1. The van der Waals surface area contributed by atoms with Crippen molar-refractivity contribution in [3.05, 3.63) is 0 Å². The van der Waals surface area contributed by atoms with E-state index in [1.807, 2.05) is 13.8 Å². The van der Waals surface area contributed by atoms with Gasteiger partial charge in [0.05, 0.1) is 0 Å². The van der Waals surface area contributed by atoms with Crippen molar-refractivity contribution < 1.29 is 14.7 Å². The highest BCUT2D eigenvalue weighted by molar-refractivity contribution is 5.86. The topological polar surface area (TPSA) is 60.9 Å². The van der Waals surface area contributed by atoms with Gasteiger partial charge in [-0.15, -0.1) is 0 Å². The highest BCUT2D eigenvalue weighted by Gasteiger charge is 2.45. The Morgan fingerprint density at radius 3 is 2.56 bits per heavy atom. The number of piperidine rings is 1. The first kappa shape index (κ1) is 14.8. The Balaban J connectivity index is 2.91. The van der Waals surface area contributed by atoms with Crippen LogP contribution in [-0.2, 0) is 4.79 Å². The number of rotatable bonds is 3. The highest BCUT2D eigenvalue weighted by atomic mass is 16.4. The van der Waals surface area contributed by atoms with Crippen LogP contribution >= 0.6 is 0 Å². The molecule has 18 heavy (non-hydrogen) atoms. The molecule has 1 rings (SSSR count). The maximum atomic E-state index is 12.4. The van der Waals surface area contributed by atoms with Crippen LogP contribution in [0.4, 0.5) is 4.79 Å². The average Bonchev–Trinajstić information content (AvgIpc) is 2.36. The van der Waals surface area contributed by atoms with Crippen LogP contribution < -0.4 is 0 Å². The molecule has 0 aliphatic carbocycles. The molecule has 1 aliphatic rings. The molecule has 0 aromatic heterocycles. The maximum absolute atomic E-state index is 12.4. The van der Waals surface area contributed by atoms with E-state index in [4.69, 9.17) is 0 Å². The minimum Gasteiger partial charge on any atom is -0.480 e. The molecule has 0 spiro atoms. The third kappa shape index (κ3) is 2.60. The zero-order valence-corrected chi connectivity index (χ0v) is 11.8. The molecular formula is C13H24N2O3. The second-order valence-corrected chi connectivity index (χ2v) is 5.34. The van der Waals surface area contributed by atoms with Gasteiger partial charge in [-0.2, -0.15) is 0 Å². The summed E-state index contributed by atoms with van der Waals surface area (Å²) in [4.78, 5) is 27.0. The molecule has 1 heterocycles. The predicted octanol–water partition coefficient (Wildman–Crippen LogP) is 2.17. The standard InChI is InChI=1S/C13H24N2O3/c1-5-10(2)14(4)12(18)15-9-7-6-8-13(15,3)11(16)17/h10H,5-9H2,1-4H3,(H,16,17). The molecular weight excluding hydrogens is 232 g/mol. The van der Waals surface area contributed by atoms with Gasteiger partial charge in [0, 0.05) is 19.6 Å². The first-order valence-corrected chi connectivity index (χ1v) is 6.62. The number of hydrogen-bond donors (Lipinski definition) is 1. The maximum Gasteiger partial charge on any atom is 0.329 e. The summed E-state index contributed by atoms with van der Waals surface area (Å²) in [7, 11) is 1.74. The van der Waals surface area contributed by atoms with Gasteiger partial charge in [0.2, 0.25) is 0 Å². The minimum atomic E-state index is -1.06. The third-order valence-corrected chi connectivity index (χ3v) is 4.14. The number of carboxylic acid groups (broad SMARTS) is 1. The van der Waals surface area contributed by atoms with E-state index >= 15 is 0 Å². The van der Waals surface area contributed by atoms with Crippen LogP contribution in [0.5, 0.6) is 0 Å². The molecule has 2 unspecified atom stereocenters. The number of aliphatic carboxylic acids is 1. The Kier molecular flexibility index (Phi) is 4.59. The van der Waals surface area contributed by atoms with E-state index in [9.17, 15) is 14.7 Å². The first-order chi connectivity index (χ1) is 8.34. The zero-order valence-electron chi connectivity index (χ0n) is 11.8. The molecule has 5 heteroatoms. The van der Waals surface area contributed by atoms with Crippen LogP contribution in [0.2, 0.25) is 0 Å². The summed E-state index contributed by atoms with van der Waals surface area (Å²) in [5, 5.41) is 9.38. The highest BCUT2D eigenvalue weighted by Crippen LogP contribution is 2.29. The number of likely N-dealkylation sites (tertiary alicyclic amines) is 1. The van der Waals surface area contributed by atoms with Crippen molar-refractivity contribution in [3.63, 3.8) is 0 Å². The molecule has 0 aromatic rings. The number of urea groups is 1. The first-order valence-electron chi connectivity index (χ1n) is 6.62. The van der Waals surface area contributed by atoms with E-state index in [1.165, 1.54) is 4.90 Å². The lowest BCUT2D eigenvalue weighted by molar-refractivity contribution is -0.150. The fourth-order valence-electron chi connectivity index (χ4n) is 2.30. The van der Waals surface area contributed by atoms with E-state index in [0.717, 1.165) is 19.3 Å². The Morgan fingerprint density at radius 2 is 2.06 bits per heavy atom. The SMILES string of the molecule is CCC(C)N(C)C(=O)N1CCCCC1(C)C(=O)O. The van der Waals surface area contributed by atoms with Gasteiger partial charge in [0.1, 0.15) is 5.54 Å². The normalized spacial score (nSPS) is 25.7. The van der Waals surface area contributed by atoms with Crippen LogP contribution in [0.3, 0.4) is 0 Å². The molecule has 0 bridgehead atoms. The number of carboxylic acids is 1. The molecule has 2 amide bonds. The van der Waals surface area contributed by atoms with Gasteiger partial charge in [-0.25, -0.2) is 9.59 Å². The van der Waals surface area contributed by atoms with Gasteiger partial charge in [0.15, 0.2) is 0 Å². The summed E-state index contributed by atoms with van der Waals surface area (Å²) in [6.07, 6.45) is 3.13. The van der Waals surface area contributed by atoms with Crippen molar-refractivity contribution in [2.75, 3.05) is 13.6 Å².